The Kier molecular flexibility index (Phi) is 5.46. The summed E-state index contributed by atoms with van der Waals surface area (Å²) < 4.78 is 5.30. The van der Waals surface area contributed by atoms with Crippen molar-refractivity contribution in [1.82, 2.24) is 10.1 Å². The monoisotopic (exact) mass is 298 g/mol. The predicted molar refractivity (Wildman–Crippen MR) is 77.6 cm³/mol. The van der Waals surface area contributed by atoms with Crippen molar-refractivity contribution in [1.29, 1.82) is 0 Å². The van der Waals surface area contributed by atoms with Gasteiger partial charge in [-0.2, -0.15) is 16.7 Å². The van der Waals surface area contributed by atoms with Gasteiger partial charge in [0.15, 0.2) is 5.82 Å². The highest BCUT2D eigenvalue weighted by molar-refractivity contribution is 7.98. The first kappa shape index (κ1) is 15.4. The Labute approximate surface area is 123 Å². The molecule has 1 fully saturated rings. The van der Waals surface area contributed by atoms with E-state index < -0.39 is 5.97 Å². The molecule has 1 aromatic heterocycles. The molecule has 0 amide bonds. The van der Waals surface area contributed by atoms with Gasteiger partial charge in [-0.1, -0.05) is 31.3 Å². The molecule has 0 aromatic carbocycles. The number of thioether (sulfide) groups is 1. The molecule has 1 heterocycles. The van der Waals surface area contributed by atoms with E-state index in [9.17, 15) is 4.79 Å². The topological polar surface area (TPSA) is 76.2 Å². The molecule has 0 bridgehead atoms. The summed E-state index contributed by atoms with van der Waals surface area (Å²) in [4.78, 5) is 15.5. The van der Waals surface area contributed by atoms with Crippen LogP contribution in [-0.4, -0.2) is 27.0 Å². The minimum absolute atomic E-state index is 0.189. The zero-order valence-electron chi connectivity index (χ0n) is 11.9. The number of rotatable bonds is 7. The lowest BCUT2D eigenvalue weighted by molar-refractivity contribution is -0.140. The normalized spacial score (nSPS) is 18.1. The molecule has 112 valence electrons. The van der Waals surface area contributed by atoms with Crippen LogP contribution in [0.2, 0.25) is 0 Å². The van der Waals surface area contributed by atoms with E-state index in [2.05, 4.69) is 17.1 Å². The molecule has 0 aliphatic heterocycles. The van der Waals surface area contributed by atoms with Crippen LogP contribution < -0.4 is 0 Å². The third-order valence-corrected chi connectivity index (χ3v) is 4.78. The van der Waals surface area contributed by atoms with Crippen molar-refractivity contribution >= 4 is 17.7 Å². The van der Waals surface area contributed by atoms with Crippen molar-refractivity contribution in [3.05, 3.63) is 11.7 Å². The fraction of sp³-hybridized carbons (Fsp3) is 0.786. The minimum atomic E-state index is -0.729. The Bertz CT molecular complexity index is 441. The summed E-state index contributed by atoms with van der Waals surface area (Å²) in [6, 6.07) is 0. The van der Waals surface area contributed by atoms with Crippen LogP contribution in [0.1, 0.15) is 57.2 Å². The number of aromatic nitrogens is 2. The van der Waals surface area contributed by atoms with Gasteiger partial charge in [0.25, 0.3) is 0 Å². The average Bonchev–Trinajstić information content (AvgIpc) is 2.83. The first-order valence-electron chi connectivity index (χ1n) is 7.24. The van der Waals surface area contributed by atoms with Crippen LogP contribution in [0.3, 0.4) is 0 Å². The lowest BCUT2D eigenvalue weighted by Crippen LogP contribution is -2.29. The fourth-order valence-corrected chi connectivity index (χ4v) is 3.48. The van der Waals surface area contributed by atoms with Crippen molar-refractivity contribution in [2.45, 2.75) is 57.6 Å². The largest absolute Gasteiger partial charge is 0.481 e. The van der Waals surface area contributed by atoms with Gasteiger partial charge < -0.3 is 9.63 Å². The molecule has 1 aliphatic carbocycles. The first-order valence-corrected chi connectivity index (χ1v) is 8.40. The Balaban J connectivity index is 2.03. The number of carboxylic acid groups (broad SMARTS) is 1. The summed E-state index contributed by atoms with van der Waals surface area (Å²) in [7, 11) is 0. The molecule has 0 unspecified atom stereocenters. The van der Waals surface area contributed by atoms with E-state index in [1.165, 1.54) is 6.42 Å². The van der Waals surface area contributed by atoms with Crippen molar-refractivity contribution in [3.63, 3.8) is 0 Å². The van der Waals surface area contributed by atoms with Crippen molar-refractivity contribution in [3.8, 4) is 0 Å². The second-order valence-corrected chi connectivity index (χ2v) is 6.82. The Morgan fingerprint density at radius 2 is 2.15 bits per heavy atom. The maximum atomic E-state index is 11.1. The third kappa shape index (κ3) is 4.23. The number of nitrogens with zero attached hydrogens (tertiary/aromatic N) is 2. The standard InChI is InChI=1S/C14H22N2O3S/c1-2-20-10-11-15-12(19-16-11)8-14(9-13(17)18)6-4-3-5-7-14/h2-10H2,1H3,(H,17,18). The van der Waals surface area contributed by atoms with E-state index in [0.29, 0.717) is 18.1 Å². The second kappa shape index (κ2) is 7.11. The number of hydrogen-bond donors (Lipinski definition) is 1. The third-order valence-electron chi connectivity index (χ3n) is 3.91. The molecule has 20 heavy (non-hydrogen) atoms. The van der Waals surface area contributed by atoms with Crippen LogP contribution in [0.15, 0.2) is 4.52 Å². The summed E-state index contributed by atoms with van der Waals surface area (Å²) in [5.41, 5.74) is -0.189. The Morgan fingerprint density at radius 1 is 1.40 bits per heavy atom. The second-order valence-electron chi connectivity index (χ2n) is 5.55. The maximum absolute atomic E-state index is 11.1. The lowest BCUT2D eigenvalue weighted by atomic mass is 9.69. The number of hydrogen-bond acceptors (Lipinski definition) is 5. The molecule has 0 radical (unpaired) electrons. The van der Waals surface area contributed by atoms with Crippen LogP contribution in [0.25, 0.3) is 0 Å². The number of carboxylic acids is 1. The zero-order chi connectivity index (χ0) is 14.4. The van der Waals surface area contributed by atoms with Crippen molar-refractivity contribution < 1.29 is 14.4 Å². The summed E-state index contributed by atoms with van der Waals surface area (Å²) in [5, 5.41) is 13.1. The van der Waals surface area contributed by atoms with Gasteiger partial charge in [-0.3, -0.25) is 4.79 Å². The van der Waals surface area contributed by atoms with Crippen LogP contribution >= 0.6 is 11.8 Å². The number of aliphatic carboxylic acids is 1. The van der Waals surface area contributed by atoms with E-state index in [4.69, 9.17) is 9.63 Å². The molecule has 2 rings (SSSR count). The van der Waals surface area contributed by atoms with E-state index in [1.807, 2.05) is 0 Å². The summed E-state index contributed by atoms with van der Waals surface area (Å²) >= 11 is 1.75. The summed E-state index contributed by atoms with van der Waals surface area (Å²) in [5.74, 6) is 2.36. The maximum Gasteiger partial charge on any atom is 0.303 e. The van der Waals surface area contributed by atoms with Gasteiger partial charge in [0.1, 0.15) is 0 Å². The quantitative estimate of drug-likeness (QED) is 0.832. The highest BCUT2D eigenvalue weighted by atomic mass is 32.2. The molecular formula is C14H22N2O3S. The molecule has 6 heteroatoms. The lowest BCUT2D eigenvalue weighted by Gasteiger charge is -2.34. The summed E-state index contributed by atoms with van der Waals surface area (Å²) in [6.45, 7) is 2.09. The van der Waals surface area contributed by atoms with Crippen molar-refractivity contribution in [2.75, 3.05) is 5.75 Å². The average molecular weight is 298 g/mol. The SMILES string of the molecule is CCSCc1noc(CC2(CC(=O)O)CCCCC2)n1. The van der Waals surface area contributed by atoms with E-state index in [1.54, 1.807) is 11.8 Å². The van der Waals surface area contributed by atoms with Gasteiger partial charge in [-0.25, -0.2) is 0 Å². The van der Waals surface area contributed by atoms with Crippen LogP contribution in [0.4, 0.5) is 0 Å². The van der Waals surface area contributed by atoms with Crippen molar-refractivity contribution in [2.24, 2.45) is 5.41 Å². The summed E-state index contributed by atoms with van der Waals surface area (Å²) in [6.07, 6.45) is 6.09. The molecule has 1 saturated carbocycles. The number of carbonyl (C=O) groups is 1. The predicted octanol–water partition coefficient (Wildman–Crippen LogP) is 3.29. The van der Waals surface area contributed by atoms with Gasteiger partial charge in [0.2, 0.25) is 5.89 Å². The van der Waals surface area contributed by atoms with E-state index >= 15 is 0 Å². The molecule has 0 saturated heterocycles. The zero-order valence-corrected chi connectivity index (χ0v) is 12.7. The van der Waals surface area contributed by atoms with Gasteiger partial charge in [0, 0.05) is 6.42 Å². The Hall–Kier alpha value is -1.04. The van der Waals surface area contributed by atoms with E-state index in [0.717, 1.165) is 37.2 Å². The minimum Gasteiger partial charge on any atom is -0.481 e. The van der Waals surface area contributed by atoms with Gasteiger partial charge >= 0.3 is 5.97 Å². The fourth-order valence-electron chi connectivity index (χ4n) is 2.97. The van der Waals surface area contributed by atoms with Crippen LogP contribution in [0.5, 0.6) is 0 Å². The Morgan fingerprint density at radius 3 is 2.80 bits per heavy atom. The molecular weight excluding hydrogens is 276 g/mol. The molecule has 1 aliphatic rings. The van der Waals surface area contributed by atoms with Gasteiger partial charge in [-0.15, -0.1) is 0 Å². The highest BCUT2D eigenvalue weighted by Crippen LogP contribution is 2.41. The smallest absolute Gasteiger partial charge is 0.303 e. The molecule has 1 aromatic rings. The van der Waals surface area contributed by atoms with Crippen LogP contribution in [-0.2, 0) is 17.0 Å². The molecule has 1 N–H and O–H groups in total. The van der Waals surface area contributed by atoms with Gasteiger partial charge in [0.05, 0.1) is 12.2 Å². The van der Waals surface area contributed by atoms with Crippen LogP contribution in [0, 0.1) is 5.41 Å². The van der Waals surface area contributed by atoms with Gasteiger partial charge in [-0.05, 0) is 24.0 Å². The molecule has 0 spiro atoms. The molecule has 5 nitrogen and oxygen atoms in total. The molecule has 0 atom stereocenters. The van der Waals surface area contributed by atoms with E-state index in [-0.39, 0.29) is 11.8 Å². The first-order chi connectivity index (χ1) is 9.63. The highest BCUT2D eigenvalue weighted by Gasteiger charge is 2.36.